The molecule has 0 atom stereocenters. The van der Waals surface area contributed by atoms with Crippen molar-refractivity contribution in [2.75, 3.05) is 0 Å². The van der Waals surface area contributed by atoms with Crippen molar-refractivity contribution in [2.24, 2.45) is 7.05 Å². The Morgan fingerprint density at radius 1 is 1.40 bits per heavy atom. The maximum absolute atomic E-state index is 4.18. The number of aryl methyl sites for hydroxylation is 1. The summed E-state index contributed by atoms with van der Waals surface area (Å²) in [6.45, 7) is 0. The van der Waals surface area contributed by atoms with Crippen LogP contribution in [0.1, 0.15) is 0 Å². The summed E-state index contributed by atoms with van der Waals surface area (Å²) in [5, 5.41) is 1.20. The van der Waals surface area contributed by atoms with Gasteiger partial charge in [0.1, 0.15) is 7.05 Å². The third-order valence-electron chi connectivity index (χ3n) is 1.63. The second-order valence-electron chi connectivity index (χ2n) is 2.34. The minimum Gasteiger partial charge on any atom is -0.502 e. The highest BCUT2D eigenvalue weighted by atomic mass is 16.3. The molecule has 0 fully saturated rings. The molecule has 0 spiro atoms. The van der Waals surface area contributed by atoms with E-state index in [9.17, 15) is 0 Å². The van der Waals surface area contributed by atoms with Gasteiger partial charge in [-0.15, -0.1) is 4.57 Å². The predicted octanol–water partition coefficient (Wildman–Crippen LogP) is 1.37. The predicted molar refractivity (Wildman–Crippen MR) is 38.5 cm³/mol. The van der Waals surface area contributed by atoms with Crippen LogP contribution in [0.25, 0.3) is 11.1 Å². The highest BCUT2D eigenvalue weighted by Crippen LogP contribution is 2.08. The molecule has 2 aromatic rings. The molecule has 0 bridgehead atoms. The van der Waals surface area contributed by atoms with E-state index in [2.05, 4.69) is 10.5 Å². The van der Waals surface area contributed by atoms with E-state index < -0.39 is 0 Å². The van der Waals surface area contributed by atoms with Gasteiger partial charge in [0.25, 0.3) is 0 Å². The summed E-state index contributed by atoms with van der Waals surface area (Å²) in [6.07, 6.45) is 3.82. The van der Waals surface area contributed by atoms with E-state index in [1.807, 2.05) is 36.2 Å². The van der Waals surface area contributed by atoms with Crippen molar-refractivity contribution in [3.8, 4) is 0 Å². The summed E-state index contributed by atoms with van der Waals surface area (Å²) in [5.41, 5.74) is 1.04. The Morgan fingerprint density at radius 2 is 2.30 bits per heavy atom. The molecule has 0 aliphatic rings. The van der Waals surface area contributed by atoms with E-state index in [-0.39, 0.29) is 0 Å². The summed E-state index contributed by atoms with van der Waals surface area (Å²) < 4.78 is 6.19. The zero-order chi connectivity index (χ0) is 6.97. The maximum atomic E-state index is 4.18. The molecule has 2 nitrogen and oxygen atoms in total. The van der Waals surface area contributed by atoms with Gasteiger partial charge >= 0.3 is 5.71 Å². The summed E-state index contributed by atoms with van der Waals surface area (Å²) in [6, 6.07) is 6.08. The zero-order valence-electron chi connectivity index (χ0n) is 5.78. The Bertz CT molecular complexity index is 351. The van der Waals surface area contributed by atoms with Gasteiger partial charge in [-0.3, -0.25) is 0 Å². The van der Waals surface area contributed by atoms with Crippen LogP contribution < -0.4 is 4.57 Å². The molecule has 2 heterocycles. The number of hydrogen-bond acceptors (Lipinski definition) is 0. The van der Waals surface area contributed by atoms with Crippen LogP contribution in [0.3, 0.4) is 0 Å². The summed E-state index contributed by atoms with van der Waals surface area (Å²) in [7, 11) is 2.00. The summed E-state index contributed by atoms with van der Waals surface area (Å²) in [4.78, 5) is 0. The quantitative estimate of drug-likeness (QED) is 0.383. The van der Waals surface area contributed by atoms with Gasteiger partial charge in [0, 0.05) is 12.1 Å². The van der Waals surface area contributed by atoms with Gasteiger partial charge < -0.3 is 4.42 Å². The fourth-order valence-corrected chi connectivity index (χ4v) is 1.11. The first kappa shape index (κ1) is 5.47. The maximum Gasteiger partial charge on any atom is 0.516 e. The summed E-state index contributed by atoms with van der Waals surface area (Å²) >= 11 is 0. The smallest absolute Gasteiger partial charge is 0.502 e. The largest absolute Gasteiger partial charge is 0.516 e. The van der Waals surface area contributed by atoms with Crippen LogP contribution in [-0.2, 0) is 7.05 Å². The van der Waals surface area contributed by atoms with Gasteiger partial charge in [-0.1, -0.05) is 0 Å². The molecule has 50 valence electrons. The van der Waals surface area contributed by atoms with Crippen LogP contribution in [0.4, 0.5) is 0 Å². The lowest BCUT2D eigenvalue weighted by atomic mass is 10.3. The van der Waals surface area contributed by atoms with E-state index >= 15 is 0 Å². The molecular weight excluding hydrogens is 126 g/mol. The van der Waals surface area contributed by atoms with Gasteiger partial charge in [0.05, 0.1) is 0 Å². The van der Waals surface area contributed by atoms with Crippen LogP contribution in [0.15, 0.2) is 35.1 Å². The topological polar surface area (TPSA) is 16.7 Å². The van der Waals surface area contributed by atoms with Gasteiger partial charge in [-0.25, -0.2) is 0 Å². The number of hydrogen-bond donors (Lipinski definition) is 0. The number of aromatic nitrogens is 1. The Labute approximate surface area is 58.7 Å². The second kappa shape index (κ2) is 1.84. The third-order valence-corrected chi connectivity index (χ3v) is 1.63. The molecule has 0 aromatic carbocycles. The fourth-order valence-electron chi connectivity index (χ4n) is 1.11. The molecular formula is C8H9NO+2. The molecule has 2 heteroatoms. The van der Waals surface area contributed by atoms with Gasteiger partial charge in [0.15, 0.2) is 11.6 Å². The number of furan rings is 1. The van der Waals surface area contributed by atoms with Crippen molar-refractivity contribution in [2.45, 2.75) is 0 Å². The van der Waals surface area contributed by atoms with Gasteiger partial charge in [-0.05, 0) is 6.07 Å². The minimum atomic E-state index is 1.04. The Balaban J connectivity index is 2.95. The highest BCUT2D eigenvalue weighted by Gasteiger charge is 2.10. The molecule has 2 rings (SSSR count). The second-order valence-corrected chi connectivity index (χ2v) is 2.34. The minimum absolute atomic E-state index is 1.04. The molecule has 0 saturated heterocycles. The molecule has 10 heavy (non-hydrogen) atoms. The molecule has 0 saturated carbocycles. The van der Waals surface area contributed by atoms with E-state index in [1.165, 1.54) is 5.39 Å². The van der Waals surface area contributed by atoms with Crippen LogP contribution in [0.5, 0.6) is 0 Å². The number of fused-ring (bicyclic) bond motifs is 1. The first-order valence-electron chi connectivity index (χ1n) is 3.24. The van der Waals surface area contributed by atoms with E-state index in [0.717, 1.165) is 5.71 Å². The lowest BCUT2D eigenvalue weighted by molar-refractivity contribution is -0.651. The SMILES string of the molecule is C[n+]1cccc2cc[oH+]c21. The first-order chi connectivity index (χ1) is 4.88. The van der Waals surface area contributed by atoms with E-state index in [1.54, 1.807) is 0 Å². The monoisotopic (exact) mass is 135 g/mol. The summed E-state index contributed by atoms with van der Waals surface area (Å²) in [5.74, 6) is 0. The fraction of sp³-hybridized carbons (Fsp3) is 0.125. The Kier molecular flexibility index (Phi) is 1.01. The van der Waals surface area contributed by atoms with Crippen molar-refractivity contribution in [1.29, 1.82) is 0 Å². The molecule has 0 aliphatic heterocycles. The molecule has 0 amide bonds. The van der Waals surface area contributed by atoms with Crippen molar-refractivity contribution in [3.05, 3.63) is 30.7 Å². The Morgan fingerprint density at radius 3 is 3.10 bits per heavy atom. The average Bonchev–Trinajstić information content (AvgIpc) is 2.36. The molecule has 0 radical (unpaired) electrons. The average molecular weight is 135 g/mol. The number of pyridine rings is 1. The lowest BCUT2D eigenvalue weighted by Gasteiger charge is -1.80. The zero-order valence-corrected chi connectivity index (χ0v) is 5.78. The Hall–Kier alpha value is -1.31. The number of nitrogens with zero attached hydrogens (tertiary/aromatic N) is 1. The first-order valence-corrected chi connectivity index (χ1v) is 3.24. The third kappa shape index (κ3) is 0.620. The normalized spacial score (nSPS) is 10.5. The highest BCUT2D eigenvalue weighted by molar-refractivity contribution is 5.69. The lowest BCUT2D eigenvalue weighted by Crippen LogP contribution is -2.26. The van der Waals surface area contributed by atoms with Crippen LogP contribution in [-0.4, -0.2) is 0 Å². The van der Waals surface area contributed by atoms with Gasteiger partial charge in [-0.2, -0.15) is 0 Å². The van der Waals surface area contributed by atoms with Crippen LogP contribution in [0, 0.1) is 0 Å². The van der Waals surface area contributed by atoms with Crippen molar-refractivity contribution < 1.29 is 8.98 Å². The van der Waals surface area contributed by atoms with Crippen molar-refractivity contribution >= 4 is 11.1 Å². The van der Waals surface area contributed by atoms with Crippen molar-refractivity contribution in [1.82, 2.24) is 0 Å². The molecule has 2 aromatic heterocycles. The standard InChI is InChI=1S/C8H8NO/c1-9-5-2-3-7-4-6-10-8(7)9/h2-6H,1H3/q+1/p+1. The van der Waals surface area contributed by atoms with Crippen LogP contribution >= 0.6 is 0 Å². The molecule has 1 N–H and O–H groups in total. The number of rotatable bonds is 0. The molecule has 0 unspecified atom stereocenters. The molecule has 0 aliphatic carbocycles. The van der Waals surface area contributed by atoms with Crippen LogP contribution in [0.2, 0.25) is 0 Å². The van der Waals surface area contributed by atoms with Crippen molar-refractivity contribution in [3.63, 3.8) is 0 Å². The van der Waals surface area contributed by atoms with Gasteiger partial charge in [0.2, 0.25) is 6.26 Å². The van der Waals surface area contributed by atoms with E-state index in [4.69, 9.17) is 0 Å². The van der Waals surface area contributed by atoms with E-state index in [0.29, 0.717) is 0 Å².